The van der Waals surface area contributed by atoms with Crippen LogP contribution < -0.4 is 0 Å². The maximum atomic E-state index is 9.37. The summed E-state index contributed by atoms with van der Waals surface area (Å²) in [6, 6.07) is 10.6. The van der Waals surface area contributed by atoms with Crippen LogP contribution in [-0.4, -0.2) is 11.1 Å². The molecule has 0 atom stereocenters. The van der Waals surface area contributed by atoms with Crippen molar-refractivity contribution in [2.75, 3.05) is 0 Å². The fourth-order valence-electron chi connectivity index (χ4n) is 1.03. The normalized spacial score (nSPS) is 8.93. The molecule has 0 saturated carbocycles. The van der Waals surface area contributed by atoms with Gasteiger partial charge in [-0.25, -0.2) is 0 Å². The largest absolute Gasteiger partial charge is 0.481 e. The second kappa shape index (κ2) is 9.25. The highest BCUT2D eigenvalue weighted by atomic mass is 16.4. The van der Waals surface area contributed by atoms with Crippen molar-refractivity contribution >= 4 is 5.97 Å². The zero-order valence-corrected chi connectivity index (χ0v) is 9.57. The first-order chi connectivity index (χ1) is 7.20. The van der Waals surface area contributed by atoms with Crippen molar-refractivity contribution in [2.24, 2.45) is 0 Å². The minimum atomic E-state index is -0.745. The average molecular weight is 208 g/mol. The lowest BCUT2D eigenvalue weighted by atomic mass is 10.1. The van der Waals surface area contributed by atoms with Crippen LogP contribution in [0.15, 0.2) is 30.3 Å². The van der Waals surface area contributed by atoms with E-state index < -0.39 is 5.97 Å². The molecule has 0 fully saturated rings. The third-order valence-corrected chi connectivity index (χ3v) is 1.96. The van der Waals surface area contributed by atoms with Crippen molar-refractivity contribution in [3.8, 4) is 0 Å². The van der Waals surface area contributed by atoms with E-state index in [1.807, 2.05) is 0 Å². The summed E-state index contributed by atoms with van der Waals surface area (Å²) < 4.78 is 0. The fraction of sp³-hybridized carbons (Fsp3) is 0.462. The summed E-state index contributed by atoms with van der Waals surface area (Å²) >= 11 is 0. The van der Waals surface area contributed by atoms with Crippen molar-refractivity contribution in [1.29, 1.82) is 0 Å². The van der Waals surface area contributed by atoms with Gasteiger partial charge in [-0.2, -0.15) is 0 Å². The summed E-state index contributed by atoms with van der Waals surface area (Å²) in [6.07, 6.45) is 4.05. The second-order valence-electron chi connectivity index (χ2n) is 3.34. The van der Waals surface area contributed by atoms with Gasteiger partial charge in [0.25, 0.3) is 0 Å². The monoisotopic (exact) mass is 208 g/mol. The smallest absolute Gasteiger partial charge is 0.303 e. The molecule has 0 heterocycles. The molecule has 15 heavy (non-hydrogen) atoms. The molecule has 84 valence electrons. The lowest BCUT2D eigenvalue weighted by molar-refractivity contribution is -0.136. The van der Waals surface area contributed by atoms with E-state index in [2.05, 4.69) is 37.3 Å². The Bertz CT molecular complexity index is 254. The number of rotatable bonds is 4. The van der Waals surface area contributed by atoms with E-state index in [0.717, 1.165) is 0 Å². The van der Waals surface area contributed by atoms with Gasteiger partial charge in [0.15, 0.2) is 0 Å². The number of carbonyl (C=O) groups is 1. The van der Waals surface area contributed by atoms with Crippen LogP contribution >= 0.6 is 0 Å². The lowest BCUT2D eigenvalue weighted by Crippen LogP contribution is -1.86. The van der Waals surface area contributed by atoms with Crippen LogP contribution in [0.3, 0.4) is 0 Å². The molecule has 0 aromatic heterocycles. The number of benzene rings is 1. The Hall–Kier alpha value is -1.31. The fourth-order valence-corrected chi connectivity index (χ4v) is 1.03. The van der Waals surface area contributed by atoms with Crippen LogP contribution in [0.4, 0.5) is 0 Å². The molecule has 2 heteroatoms. The number of aliphatic carboxylic acids is 1. The maximum Gasteiger partial charge on any atom is 0.303 e. The minimum absolute atomic E-state index is 0.222. The van der Waals surface area contributed by atoms with E-state index in [-0.39, 0.29) is 6.42 Å². The van der Waals surface area contributed by atoms with Gasteiger partial charge in [-0.05, 0) is 18.4 Å². The molecule has 0 aliphatic heterocycles. The number of hydrogen-bond acceptors (Lipinski definition) is 1. The van der Waals surface area contributed by atoms with Gasteiger partial charge in [0.1, 0.15) is 0 Å². The Morgan fingerprint density at radius 1 is 1.20 bits per heavy atom. The van der Waals surface area contributed by atoms with Gasteiger partial charge in [-0.3, -0.25) is 4.79 Å². The van der Waals surface area contributed by atoms with Crippen molar-refractivity contribution in [1.82, 2.24) is 0 Å². The summed E-state index contributed by atoms with van der Waals surface area (Å²) in [5.74, 6) is -0.745. The maximum absolute atomic E-state index is 9.37. The number of carboxylic acid groups (broad SMARTS) is 1. The summed E-state index contributed by atoms with van der Waals surface area (Å²) in [7, 11) is 0. The highest BCUT2D eigenvalue weighted by Gasteiger charge is 1.87. The third-order valence-electron chi connectivity index (χ3n) is 1.96. The molecule has 0 aliphatic carbocycles. The highest BCUT2D eigenvalue weighted by molar-refractivity contribution is 5.66. The first-order valence-corrected chi connectivity index (χ1v) is 5.46. The van der Waals surface area contributed by atoms with E-state index in [0.29, 0.717) is 0 Å². The topological polar surface area (TPSA) is 37.3 Å². The molecule has 0 radical (unpaired) electrons. The summed E-state index contributed by atoms with van der Waals surface area (Å²) in [4.78, 5) is 9.37. The highest BCUT2D eigenvalue weighted by Crippen LogP contribution is 2.03. The van der Waals surface area contributed by atoms with E-state index in [1.165, 1.54) is 24.8 Å². The molecule has 2 nitrogen and oxygen atoms in total. The average Bonchev–Trinajstić information content (AvgIpc) is 2.28. The predicted octanol–water partition coefficient (Wildman–Crippen LogP) is 3.51. The van der Waals surface area contributed by atoms with Crippen molar-refractivity contribution < 1.29 is 9.90 Å². The number of hydrogen-bond donors (Lipinski definition) is 1. The molecular formula is C13H20O2. The van der Waals surface area contributed by atoms with Crippen LogP contribution in [0, 0.1) is 0 Å². The van der Waals surface area contributed by atoms with Crippen LogP contribution in [0.5, 0.6) is 0 Å². The molecule has 0 spiro atoms. The molecule has 0 saturated heterocycles. The molecule has 0 aliphatic rings. The Balaban J connectivity index is 0.000000336. The van der Waals surface area contributed by atoms with E-state index in [9.17, 15) is 4.79 Å². The molecule has 0 unspecified atom stereocenters. The van der Waals surface area contributed by atoms with Gasteiger partial charge in [0, 0.05) is 6.42 Å². The van der Waals surface area contributed by atoms with Gasteiger partial charge in [0.05, 0.1) is 0 Å². The van der Waals surface area contributed by atoms with Gasteiger partial charge in [0.2, 0.25) is 0 Å². The van der Waals surface area contributed by atoms with Gasteiger partial charge < -0.3 is 5.11 Å². The van der Waals surface area contributed by atoms with E-state index in [4.69, 9.17) is 5.11 Å². The predicted molar refractivity (Wildman–Crippen MR) is 63.0 cm³/mol. The Kier molecular flexibility index (Phi) is 8.44. The summed E-state index contributed by atoms with van der Waals surface area (Å²) in [5.41, 5.74) is 1.46. The van der Waals surface area contributed by atoms with Crippen LogP contribution in [0.25, 0.3) is 0 Å². The zero-order chi connectivity index (χ0) is 11.5. The number of aryl methyl sites for hydroxylation is 1. The van der Waals surface area contributed by atoms with E-state index in [1.54, 1.807) is 6.92 Å². The molecule has 0 bridgehead atoms. The quantitative estimate of drug-likeness (QED) is 0.822. The molecule has 1 N–H and O–H groups in total. The lowest BCUT2D eigenvalue weighted by Gasteiger charge is -1.96. The Labute approximate surface area is 91.9 Å². The number of unbranched alkanes of at least 4 members (excludes halogenated alkanes) is 1. The molecule has 1 aromatic rings. The van der Waals surface area contributed by atoms with Crippen molar-refractivity contribution in [3.05, 3.63) is 35.9 Å². The number of carboxylic acids is 1. The Morgan fingerprint density at radius 2 is 1.73 bits per heavy atom. The van der Waals surface area contributed by atoms with Crippen LogP contribution in [0.2, 0.25) is 0 Å². The molecular weight excluding hydrogens is 188 g/mol. The molecule has 0 amide bonds. The first-order valence-electron chi connectivity index (χ1n) is 5.46. The second-order valence-corrected chi connectivity index (χ2v) is 3.34. The summed E-state index contributed by atoms with van der Waals surface area (Å²) in [5, 5.41) is 7.72. The van der Waals surface area contributed by atoms with Crippen LogP contribution in [-0.2, 0) is 11.2 Å². The SMILES string of the molecule is CCC(=O)O.CCCCc1ccccc1. The van der Waals surface area contributed by atoms with Crippen molar-refractivity contribution in [2.45, 2.75) is 39.5 Å². The third kappa shape index (κ3) is 9.01. The molecule has 1 aromatic carbocycles. The van der Waals surface area contributed by atoms with Gasteiger partial charge in [-0.1, -0.05) is 50.6 Å². The Morgan fingerprint density at radius 3 is 2.13 bits per heavy atom. The standard InChI is InChI=1S/C10H14.C3H6O2/c1-2-3-7-10-8-5-4-6-9-10;1-2-3(4)5/h4-6,8-9H,2-3,7H2,1H3;2H2,1H3,(H,4,5). The van der Waals surface area contributed by atoms with E-state index >= 15 is 0 Å². The van der Waals surface area contributed by atoms with Crippen LogP contribution in [0.1, 0.15) is 38.7 Å². The minimum Gasteiger partial charge on any atom is -0.481 e. The van der Waals surface area contributed by atoms with Gasteiger partial charge >= 0.3 is 5.97 Å². The summed E-state index contributed by atoms with van der Waals surface area (Å²) in [6.45, 7) is 3.82. The van der Waals surface area contributed by atoms with Gasteiger partial charge in [-0.15, -0.1) is 0 Å². The van der Waals surface area contributed by atoms with Crippen molar-refractivity contribution in [3.63, 3.8) is 0 Å². The zero-order valence-electron chi connectivity index (χ0n) is 9.57. The molecule has 1 rings (SSSR count). The first kappa shape index (κ1) is 13.7.